The second-order valence-corrected chi connectivity index (χ2v) is 7.98. The Balaban J connectivity index is 2.69. The van der Waals surface area contributed by atoms with E-state index in [1.54, 1.807) is 4.90 Å². The highest BCUT2D eigenvalue weighted by molar-refractivity contribution is 5.69. The van der Waals surface area contributed by atoms with E-state index < -0.39 is 17.9 Å². The lowest BCUT2D eigenvalue weighted by atomic mass is 10.0. The number of rotatable bonds is 18. The van der Waals surface area contributed by atoms with Crippen LogP contribution in [0.3, 0.4) is 0 Å². The van der Waals surface area contributed by atoms with Crippen molar-refractivity contribution in [1.82, 2.24) is 20.4 Å². The topological polar surface area (TPSA) is 142 Å². The predicted molar refractivity (Wildman–Crippen MR) is 121 cm³/mol. The fourth-order valence-electron chi connectivity index (χ4n) is 3.15. The Morgan fingerprint density at radius 2 is 1.28 bits per heavy atom. The quantitative estimate of drug-likeness (QED) is 0.198. The molecule has 180 valence electrons. The van der Waals surface area contributed by atoms with Crippen LogP contribution in [-0.2, 0) is 20.9 Å². The lowest BCUT2D eigenvalue weighted by Crippen LogP contribution is -2.43. The van der Waals surface area contributed by atoms with Gasteiger partial charge in [0.25, 0.3) is 0 Å². The Morgan fingerprint density at radius 1 is 0.781 bits per heavy atom. The van der Waals surface area contributed by atoms with Gasteiger partial charge in [-0.05, 0) is 17.0 Å². The number of carboxylic acids is 3. The molecule has 0 aliphatic heterocycles. The number of nitrogens with one attached hydrogen (secondary N) is 2. The van der Waals surface area contributed by atoms with Gasteiger partial charge in [0.15, 0.2) is 0 Å². The van der Waals surface area contributed by atoms with Crippen LogP contribution >= 0.6 is 0 Å². The molecule has 32 heavy (non-hydrogen) atoms. The minimum atomic E-state index is -0.960. The molecular weight excluding hydrogens is 416 g/mol. The predicted octanol–water partition coefficient (Wildman–Crippen LogP) is 0.347. The number of nitrogens with zero attached hydrogens (tertiary/aromatic N) is 2. The van der Waals surface area contributed by atoms with Gasteiger partial charge in [-0.25, -0.2) is 0 Å². The molecular formula is C22H36N4O6. The van der Waals surface area contributed by atoms with E-state index in [0.717, 1.165) is 5.56 Å². The first-order chi connectivity index (χ1) is 15.2. The fourth-order valence-corrected chi connectivity index (χ4v) is 3.15. The standard InChI is InChI=1S/C22H36N4O6/c1-17(2)19-5-3-18(4-6-19)15-25(9-7-23-13-20(27)28)11-12-26(16-22(31)32)10-8-24-14-21(29)30/h3-6,17,23-24H,7-16H2,1-2H3,(H,27,28)(H,29,30)(H,31,32). The Morgan fingerprint density at radius 3 is 1.75 bits per heavy atom. The van der Waals surface area contributed by atoms with Gasteiger partial charge in [0.05, 0.1) is 19.6 Å². The van der Waals surface area contributed by atoms with Crippen LogP contribution in [0.4, 0.5) is 0 Å². The van der Waals surface area contributed by atoms with Crippen molar-refractivity contribution in [3.8, 4) is 0 Å². The summed E-state index contributed by atoms with van der Waals surface area (Å²) in [5.41, 5.74) is 2.38. The van der Waals surface area contributed by atoms with Gasteiger partial charge in [0.2, 0.25) is 0 Å². The van der Waals surface area contributed by atoms with Gasteiger partial charge in [-0.15, -0.1) is 0 Å². The van der Waals surface area contributed by atoms with E-state index in [-0.39, 0.29) is 19.6 Å². The SMILES string of the molecule is CC(C)c1ccc(CN(CCNCC(=O)O)CCN(CCNCC(=O)O)CC(=O)O)cc1. The molecule has 1 aromatic carbocycles. The Kier molecular flexibility index (Phi) is 13.2. The normalized spacial score (nSPS) is 11.4. The van der Waals surface area contributed by atoms with Crippen LogP contribution in [0.15, 0.2) is 24.3 Å². The summed E-state index contributed by atoms with van der Waals surface area (Å²) >= 11 is 0. The maximum absolute atomic E-state index is 11.2. The largest absolute Gasteiger partial charge is 0.480 e. The zero-order chi connectivity index (χ0) is 23.9. The summed E-state index contributed by atoms with van der Waals surface area (Å²) in [5, 5.41) is 32.3. The van der Waals surface area contributed by atoms with Crippen LogP contribution in [0.2, 0.25) is 0 Å². The van der Waals surface area contributed by atoms with Crippen molar-refractivity contribution in [3.63, 3.8) is 0 Å². The first-order valence-electron chi connectivity index (χ1n) is 10.8. The molecule has 0 amide bonds. The zero-order valence-electron chi connectivity index (χ0n) is 18.9. The minimum absolute atomic E-state index is 0.114. The summed E-state index contributed by atoms with van der Waals surface area (Å²) in [5.74, 6) is -2.37. The molecule has 0 bridgehead atoms. The highest BCUT2D eigenvalue weighted by Crippen LogP contribution is 2.15. The highest BCUT2D eigenvalue weighted by Gasteiger charge is 2.13. The highest BCUT2D eigenvalue weighted by atomic mass is 16.4. The van der Waals surface area contributed by atoms with Crippen LogP contribution in [0.25, 0.3) is 0 Å². The number of aliphatic carboxylic acids is 3. The van der Waals surface area contributed by atoms with E-state index in [4.69, 9.17) is 10.2 Å². The second kappa shape index (κ2) is 15.3. The lowest BCUT2D eigenvalue weighted by Gasteiger charge is -2.27. The van der Waals surface area contributed by atoms with E-state index >= 15 is 0 Å². The van der Waals surface area contributed by atoms with Crippen molar-refractivity contribution in [2.75, 3.05) is 58.9 Å². The summed E-state index contributed by atoms with van der Waals surface area (Å²) in [4.78, 5) is 36.5. The number of carboxylic acid groups (broad SMARTS) is 3. The molecule has 5 N–H and O–H groups in total. The molecule has 0 heterocycles. The molecule has 0 fully saturated rings. The molecule has 0 unspecified atom stereocenters. The van der Waals surface area contributed by atoms with Crippen LogP contribution in [0, 0.1) is 0 Å². The average Bonchev–Trinajstić information content (AvgIpc) is 2.71. The van der Waals surface area contributed by atoms with E-state index in [9.17, 15) is 19.5 Å². The maximum atomic E-state index is 11.2. The van der Waals surface area contributed by atoms with Gasteiger partial charge in [0, 0.05) is 45.8 Å². The Bertz CT molecular complexity index is 711. The molecule has 1 rings (SSSR count). The van der Waals surface area contributed by atoms with Crippen LogP contribution in [0.5, 0.6) is 0 Å². The lowest BCUT2D eigenvalue weighted by molar-refractivity contribution is -0.139. The minimum Gasteiger partial charge on any atom is -0.480 e. The van der Waals surface area contributed by atoms with Crippen molar-refractivity contribution in [2.45, 2.75) is 26.3 Å². The van der Waals surface area contributed by atoms with Crippen molar-refractivity contribution < 1.29 is 29.7 Å². The number of carbonyl (C=O) groups is 3. The number of hydrogen-bond donors (Lipinski definition) is 5. The van der Waals surface area contributed by atoms with E-state index in [1.807, 2.05) is 0 Å². The molecule has 0 radical (unpaired) electrons. The third-order valence-electron chi connectivity index (χ3n) is 4.91. The maximum Gasteiger partial charge on any atom is 0.317 e. The molecule has 0 saturated carbocycles. The van der Waals surface area contributed by atoms with Crippen LogP contribution < -0.4 is 10.6 Å². The molecule has 10 heteroatoms. The smallest absolute Gasteiger partial charge is 0.317 e. The van der Waals surface area contributed by atoms with Gasteiger partial charge < -0.3 is 26.0 Å². The van der Waals surface area contributed by atoms with Crippen molar-refractivity contribution >= 4 is 17.9 Å². The van der Waals surface area contributed by atoms with Crippen molar-refractivity contribution in [2.24, 2.45) is 0 Å². The molecule has 0 atom stereocenters. The van der Waals surface area contributed by atoms with E-state index in [2.05, 4.69) is 53.6 Å². The van der Waals surface area contributed by atoms with Gasteiger partial charge in [-0.2, -0.15) is 0 Å². The summed E-state index contributed by atoms with van der Waals surface area (Å²) in [6, 6.07) is 8.37. The van der Waals surface area contributed by atoms with E-state index in [0.29, 0.717) is 51.7 Å². The second-order valence-electron chi connectivity index (χ2n) is 7.98. The molecule has 1 aromatic rings. The summed E-state index contributed by atoms with van der Waals surface area (Å²) in [6.45, 7) is 7.48. The van der Waals surface area contributed by atoms with Crippen LogP contribution in [0.1, 0.15) is 30.9 Å². The van der Waals surface area contributed by atoms with Gasteiger partial charge in [-0.3, -0.25) is 24.2 Å². The molecule has 0 spiro atoms. The Labute approximate surface area is 189 Å². The van der Waals surface area contributed by atoms with Crippen LogP contribution in [-0.4, -0.2) is 102 Å². The molecule has 0 saturated heterocycles. The summed E-state index contributed by atoms with van der Waals surface area (Å²) in [7, 11) is 0. The third-order valence-corrected chi connectivity index (χ3v) is 4.91. The summed E-state index contributed by atoms with van der Waals surface area (Å²) in [6.07, 6.45) is 0. The average molecular weight is 453 g/mol. The first kappa shape index (κ1) is 27.5. The number of hydrogen-bond acceptors (Lipinski definition) is 7. The van der Waals surface area contributed by atoms with Crippen molar-refractivity contribution in [3.05, 3.63) is 35.4 Å². The zero-order valence-corrected chi connectivity index (χ0v) is 18.9. The van der Waals surface area contributed by atoms with Crippen molar-refractivity contribution in [1.29, 1.82) is 0 Å². The summed E-state index contributed by atoms with van der Waals surface area (Å²) < 4.78 is 0. The van der Waals surface area contributed by atoms with Gasteiger partial charge >= 0.3 is 17.9 Å². The molecule has 0 aliphatic carbocycles. The molecule has 0 aliphatic rings. The number of benzene rings is 1. The van der Waals surface area contributed by atoms with E-state index in [1.165, 1.54) is 5.56 Å². The molecule has 10 nitrogen and oxygen atoms in total. The van der Waals surface area contributed by atoms with Gasteiger partial charge in [-0.1, -0.05) is 38.1 Å². The van der Waals surface area contributed by atoms with Gasteiger partial charge in [0.1, 0.15) is 0 Å². The molecule has 0 aromatic heterocycles. The first-order valence-corrected chi connectivity index (χ1v) is 10.8. The Hall–Kier alpha value is -2.53. The fraction of sp³-hybridized carbons (Fsp3) is 0.591. The third kappa shape index (κ3) is 13.0. The monoisotopic (exact) mass is 452 g/mol.